The Morgan fingerprint density at radius 3 is 2.16 bits per heavy atom. The second kappa shape index (κ2) is 7.13. The smallest absolute Gasteiger partial charge is 0.308 e. The summed E-state index contributed by atoms with van der Waals surface area (Å²) in [5.74, 6) is -1.96. The third kappa shape index (κ3) is 3.69. The van der Waals surface area contributed by atoms with Gasteiger partial charge in [0.15, 0.2) is 0 Å². The normalized spacial score (nSPS) is 22.8. The number of sulfonamides is 1. The van der Waals surface area contributed by atoms with E-state index in [9.17, 15) is 18.0 Å². The molecule has 0 saturated carbocycles. The third-order valence-corrected chi connectivity index (χ3v) is 6.74. The van der Waals surface area contributed by atoms with Crippen LogP contribution in [-0.2, 0) is 19.6 Å². The molecule has 0 bridgehead atoms. The Balaban J connectivity index is 1.78. The van der Waals surface area contributed by atoms with E-state index in [1.54, 1.807) is 12.1 Å². The lowest BCUT2D eigenvalue weighted by molar-refractivity contribution is -0.141. The summed E-state index contributed by atoms with van der Waals surface area (Å²) in [6.07, 6.45) is 3.81. The lowest BCUT2D eigenvalue weighted by Gasteiger charge is -2.21. The van der Waals surface area contributed by atoms with Gasteiger partial charge in [0.05, 0.1) is 10.8 Å². The zero-order chi connectivity index (χ0) is 18.0. The lowest BCUT2D eigenvalue weighted by atomic mass is 10.1. The second-order valence-corrected chi connectivity index (χ2v) is 8.49. The Hall–Kier alpha value is -1.93. The molecule has 1 unspecified atom stereocenters. The number of carbonyl (C=O) groups excluding carboxylic acids is 1. The predicted octanol–water partition coefficient (Wildman–Crippen LogP) is 1.69. The Kier molecular flexibility index (Phi) is 5.10. The van der Waals surface area contributed by atoms with Crippen molar-refractivity contribution >= 4 is 27.6 Å². The molecule has 1 N–H and O–H groups in total. The molecule has 3 rings (SSSR count). The zero-order valence-electron chi connectivity index (χ0n) is 13.9. The fourth-order valence-corrected chi connectivity index (χ4v) is 4.87. The van der Waals surface area contributed by atoms with Crippen LogP contribution in [0, 0.1) is 5.92 Å². The molecule has 1 atom stereocenters. The number of benzene rings is 1. The molecule has 2 heterocycles. The number of carboxylic acid groups (broad SMARTS) is 1. The minimum Gasteiger partial charge on any atom is -0.481 e. The van der Waals surface area contributed by atoms with Crippen molar-refractivity contribution < 1.29 is 23.1 Å². The van der Waals surface area contributed by atoms with Crippen molar-refractivity contribution in [2.45, 2.75) is 37.0 Å². The Labute approximate surface area is 147 Å². The van der Waals surface area contributed by atoms with Gasteiger partial charge in [-0.05, 0) is 37.1 Å². The molecule has 8 heteroatoms. The van der Waals surface area contributed by atoms with E-state index in [0.29, 0.717) is 18.8 Å². The first kappa shape index (κ1) is 17.9. The van der Waals surface area contributed by atoms with Crippen LogP contribution in [0.25, 0.3) is 0 Å². The van der Waals surface area contributed by atoms with E-state index in [2.05, 4.69) is 0 Å². The summed E-state index contributed by atoms with van der Waals surface area (Å²) in [5.41, 5.74) is 0.531. The van der Waals surface area contributed by atoms with Crippen molar-refractivity contribution in [2.75, 3.05) is 24.5 Å². The van der Waals surface area contributed by atoms with Gasteiger partial charge in [-0.15, -0.1) is 0 Å². The molecule has 0 spiro atoms. The van der Waals surface area contributed by atoms with E-state index < -0.39 is 21.9 Å². The molecule has 136 valence electrons. The quantitative estimate of drug-likeness (QED) is 0.875. The van der Waals surface area contributed by atoms with E-state index in [1.807, 2.05) is 0 Å². The Morgan fingerprint density at radius 1 is 1.04 bits per heavy atom. The maximum atomic E-state index is 12.7. The van der Waals surface area contributed by atoms with Crippen molar-refractivity contribution in [3.8, 4) is 0 Å². The monoisotopic (exact) mass is 366 g/mol. The first-order valence-corrected chi connectivity index (χ1v) is 9.97. The number of hydrogen-bond acceptors (Lipinski definition) is 4. The van der Waals surface area contributed by atoms with Gasteiger partial charge in [0, 0.05) is 31.7 Å². The first-order chi connectivity index (χ1) is 11.9. The molecule has 25 heavy (non-hydrogen) atoms. The summed E-state index contributed by atoms with van der Waals surface area (Å²) in [6, 6.07) is 6.15. The standard InChI is InChI=1S/C17H22N2O5S/c20-16-11-13(17(21)22)12-19(16)14-5-7-15(8-6-14)25(23,24)18-9-3-1-2-4-10-18/h5-8,13H,1-4,9-12H2,(H,21,22). The fraction of sp³-hybridized carbons (Fsp3) is 0.529. The van der Waals surface area contributed by atoms with Gasteiger partial charge < -0.3 is 10.0 Å². The number of nitrogens with zero attached hydrogens (tertiary/aromatic N) is 2. The largest absolute Gasteiger partial charge is 0.481 e. The van der Waals surface area contributed by atoms with Crippen LogP contribution in [0.4, 0.5) is 5.69 Å². The molecule has 1 aromatic rings. The number of anilines is 1. The summed E-state index contributed by atoms with van der Waals surface area (Å²) in [6.45, 7) is 1.19. The van der Waals surface area contributed by atoms with Gasteiger partial charge in [-0.2, -0.15) is 4.31 Å². The van der Waals surface area contributed by atoms with Crippen molar-refractivity contribution in [3.63, 3.8) is 0 Å². The number of aliphatic carboxylic acids is 1. The van der Waals surface area contributed by atoms with Crippen LogP contribution in [0.2, 0.25) is 0 Å². The van der Waals surface area contributed by atoms with Gasteiger partial charge in [0.25, 0.3) is 0 Å². The van der Waals surface area contributed by atoms with Crippen molar-refractivity contribution in [1.82, 2.24) is 4.31 Å². The zero-order valence-corrected chi connectivity index (χ0v) is 14.7. The molecule has 2 aliphatic heterocycles. The number of amides is 1. The van der Waals surface area contributed by atoms with Crippen LogP contribution in [-0.4, -0.2) is 49.3 Å². The van der Waals surface area contributed by atoms with E-state index >= 15 is 0 Å². The van der Waals surface area contributed by atoms with Crippen LogP contribution >= 0.6 is 0 Å². The Morgan fingerprint density at radius 2 is 1.64 bits per heavy atom. The van der Waals surface area contributed by atoms with E-state index in [0.717, 1.165) is 25.7 Å². The number of carboxylic acids is 1. The summed E-state index contributed by atoms with van der Waals surface area (Å²) < 4.78 is 27.0. The molecule has 0 aliphatic carbocycles. The van der Waals surface area contributed by atoms with Gasteiger partial charge in [-0.3, -0.25) is 9.59 Å². The third-order valence-electron chi connectivity index (χ3n) is 4.83. The highest BCUT2D eigenvalue weighted by atomic mass is 32.2. The molecule has 0 aromatic heterocycles. The summed E-state index contributed by atoms with van der Waals surface area (Å²) in [4.78, 5) is 24.7. The van der Waals surface area contributed by atoms with Gasteiger partial charge in [-0.1, -0.05) is 12.8 Å². The number of rotatable bonds is 4. The molecular weight excluding hydrogens is 344 g/mol. The van der Waals surface area contributed by atoms with Crippen LogP contribution in [0.3, 0.4) is 0 Å². The summed E-state index contributed by atoms with van der Waals surface area (Å²) >= 11 is 0. The average molecular weight is 366 g/mol. The fourth-order valence-electron chi connectivity index (χ4n) is 3.35. The maximum Gasteiger partial charge on any atom is 0.308 e. The van der Waals surface area contributed by atoms with Crippen molar-refractivity contribution in [1.29, 1.82) is 0 Å². The van der Waals surface area contributed by atoms with Crippen LogP contribution in [0.15, 0.2) is 29.2 Å². The van der Waals surface area contributed by atoms with E-state index in [1.165, 1.54) is 21.3 Å². The van der Waals surface area contributed by atoms with E-state index in [4.69, 9.17) is 5.11 Å². The molecule has 2 saturated heterocycles. The number of carbonyl (C=O) groups is 2. The lowest BCUT2D eigenvalue weighted by Crippen LogP contribution is -2.32. The topological polar surface area (TPSA) is 95.0 Å². The highest BCUT2D eigenvalue weighted by Gasteiger charge is 2.35. The van der Waals surface area contributed by atoms with E-state index in [-0.39, 0.29) is 23.8 Å². The van der Waals surface area contributed by atoms with Gasteiger partial charge in [-0.25, -0.2) is 8.42 Å². The van der Waals surface area contributed by atoms with Crippen molar-refractivity contribution in [3.05, 3.63) is 24.3 Å². The van der Waals surface area contributed by atoms with Crippen molar-refractivity contribution in [2.24, 2.45) is 5.92 Å². The molecule has 1 aromatic carbocycles. The summed E-state index contributed by atoms with van der Waals surface area (Å²) in [5, 5.41) is 9.05. The molecular formula is C17H22N2O5S. The Bertz CT molecular complexity index is 752. The van der Waals surface area contributed by atoms with Gasteiger partial charge in [0.1, 0.15) is 0 Å². The average Bonchev–Trinajstić information content (AvgIpc) is 2.80. The highest BCUT2D eigenvalue weighted by molar-refractivity contribution is 7.89. The molecule has 2 aliphatic rings. The second-order valence-electron chi connectivity index (χ2n) is 6.56. The minimum absolute atomic E-state index is 0.0246. The number of hydrogen-bond donors (Lipinski definition) is 1. The first-order valence-electron chi connectivity index (χ1n) is 8.53. The van der Waals surface area contributed by atoms with Crippen LogP contribution in [0.1, 0.15) is 32.1 Å². The predicted molar refractivity (Wildman–Crippen MR) is 91.8 cm³/mol. The summed E-state index contributed by atoms with van der Waals surface area (Å²) in [7, 11) is -3.53. The van der Waals surface area contributed by atoms with Crippen LogP contribution < -0.4 is 4.90 Å². The molecule has 2 fully saturated rings. The SMILES string of the molecule is O=C(O)C1CC(=O)N(c2ccc(S(=O)(=O)N3CCCCCC3)cc2)C1. The van der Waals surface area contributed by atoms with Crippen LogP contribution in [0.5, 0.6) is 0 Å². The minimum atomic E-state index is -3.53. The maximum absolute atomic E-state index is 12.7. The van der Waals surface area contributed by atoms with Gasteiger partial charge in [0.2, 0.25) is 15.9 Å². The van der Waals surface area contributed by atoms with Gasteiger partial charge >= 0.3 is 5.97 Å². The molecule has 1 amide bonds. The highest BCUT2D eigenvalue weighted by Crippen LogP contribution is 2.27. The molecule has 0 radical (unpaired) electrons. The molecule has 7 nitrogen and oxygen atoms in total.